The van der Waals surface area contributed by atoms with E-state index in [1.165, 1.54) is 28.4 Å². The van der Waals surface area contributed by atoms with Crippen molar-refractivity contribution in [2.24, 2.45) is 22.5 Å². The number of hydrogen-bond acceptors (Lipinski definition) is 19. The number of para-hydroxylation sites is 1. The Hall–Kier alpha value is -9.69. The zero-order valence-electron chi connectivity index (χ0n) is 62.9. The molecule has 109 heavy (non-hydrogen) atoms. The molecule has 4 aliphatic rings. The fourth-order valence-corrected chi connectivity index (χ4v) is 17.3. The summed E-state index contributed by atoms with van der Waals surface area (Å²) in [6, 6.07) is 19.0. The quantitative estimate of drug-likeness (QED) is 0.00989. The van der Waals surface area contributed by atoms with Crippen molar-refractivity contribution in [1.82, 2.24) is 50.8 Å². The lowest BCUT2D eigenvalue weighted by atomic mass is 9.51. The molecule has 6 aromatic rings. The van der Waals surface area contributed by atoms with Crippen molar-refractivity contribution in [3.05, 3.63) is 130 Å². The molecule has 0 spiro atoms. The van der Waals surface area contributed by atoms with Crippen molar-refractivity contribution in [3.63, 3.8) is 0 Å². The van der Waals surface area contributed by atoms with Crippen molar-refractivity contribution in [3.8, 4) is 11.1 Å². The van der Waals surface area contributed by atoms with Crippen LogP contribution in [0.5, 0.6) is 0 Å². The number of benzene rings is 3. The van der Waals surface area contributed by atoms with E-state index in [1.54, 1.807) is 57.4 Å². The first-order valence-electron chi connectivity index (χ1n) is 37.6. The summed E-state index contributed by atoms with van der Waals surface area (Å²) in [6.45, 7) is 13.0. The van der Waals surface area contributed by atoms with E-state index in [0.717, 1.165) is 88.9 Å². The number of carbonyl (C=O) groups excluding carboxylic acids is 8. The van der Waals surface area contributed by atoms with E-state index in [4.69, 9.17) is 25.3 Å². The number of aromatic nitrogens is 4. The molecule has 9 amide bonds. The molecule has 5 heterocycles. The SMILES string of the molecule is CCCC1(C)CC2(Cn3ncc(-c4ccc(N5CCc6cc(CCCN(C)C(=O)OCc7ccc(NC(=O)[C@H](CCCNC(N)=O)NC(=O)[C@@H](NC(=O)CCCCCN8C(=O)C=CC8=O)C(C)C)cc7)cc(C(=O)Nc7nc8ccccc8s7)c6C5)nc4C(=O)O)c3C)CCCC(OCCNCCS(=O)(=O)O)(C1)C2. The van der Waals surface area contributed by atoms with Gasteiger partial charge in [-0.25, -0.2) is 24.4 Å². The number of urea groups is 1. The number of unbranched alkanes of at least 4 members (excludes halogenated alkanes) is 2. The number of carboxylic acids is 1. The predicted molar refractivity (Wildman–Crippen MR) is 413 cm³/mol. The molecule has 0 saturated heterocycles. The minimum atomic E-state index is -4.08. The van der Waals surface area contributed by atoms with E-state index in [9.17, 15) is 61.2 Å². The number of anilines is 3. The number of aryl methyl sites for hydroxylation is 1. The van der Waals surface area contributed by atoms with E-state index in [2.05, 4.69) is 56.8 Å². The van der Waals surface area contributed by atoms with Crippen LogP contribution in [0.2, 0.25) is 0 Å². The van der Waals surface area contributed by atoms with Gasteiger partial charge in [-0.1, -0.05) is 82.2 Å². The van der Waals surface area contributed by atoms with Gasteiger partial charge in [-0.15, -0.1) is 0 Å². The van der Waals surface area contributed by atoms with Gasteiger partial charge in [-0.3, -0.25) is 48.2 Å². The second kappa shape index (κ2) is 36.7. The maximum absolute atomic E-state index is 14.6. The van der Waals surface area contributed by atoms with Gasteiger partial charge in [-0.2, -0.15) is 13.5 Å². The highest BCUT2D eigenvalue weighted by atomic mass is 32.2. The second-order valence-corrected chi connectivity index (χ2v) is 32.7. The second-order valence-electron chi connectivity index (χ2n) is 30.1. The van der Waals surface area contributed by atoms with Gasteiger partial charge in [-0.05, 0) is 178 Å². The summed E-state index contributed by atoms with van der Waals surface area (Å²) < 4.78 is 47.2. The average Bonchev–Trinajstić information content (AvgIpc) is 1.42. The van der Waals surface area contributed by atoms with Gasteiger partial charge in [0.1, 0.15) is 24.5 Å². The van der Waals surface area contributed by atoms with Gasteiger partial charge in [0.15, 0.2) is 10.8 Å². The maximum atomic E-state index is 14.6. The number of pyridine rings is 1. The first kappa shape index (κ1) is 81.8. The third-order valence-electron chi connectivity index (χ3n) is 21.0. The van der Waals surface area contributed by atoms with Crippen LogP contribution in [0.15, 0.2) is 91.1 Å². The van der Waals surface area contributed by atoms with Crippen molar-refractivity contribution >= 4 is 102 Å². The van der Waals surface area contributed by atoms with E-state index in [0.29, 0.717) is 110 Å². The zero-order chi connectivity index (χ0) is 78.2. The predicted octanol–water partition coefficient (Wildman–Crippen LogP) is 9.47. The van der Waals surface area contributed by atoms with Crippen LogP contribution in [-0.4, -0.2) is 178 Å². The monoisotopic (exact) mass is 1540 g/mol. The molecular formula is C78H102N14O15S2. The van der Waals surface area contributed by atoms with Crippen molar-refractivity contribution in [2.45, 2.75) is 181 Å². The van der Waals surface area contributed by atoms with Crippen molar-refractivity contribution < 1.29 is 70.7 Å². The number of amides is 9. The topological polar surface area (TPSA) is 398 Å². The first-order chi connectivity index (χ1) is 52.0. The number of fused-ring (bicyclic) bond motifs is 4. The molecule has 3 aromatic heterocycles. The van der Waals surface area contributed by atoms with E-state index >= 15 is 0 Å². The average molecular weight is 1540 g/mol. The molecular weight excluding hydrogens is 1440 g/mol. The van der Waals surface area contributed by atoms with Crippen LogP contribution >= 0.6 is 11.3 Å². The van der Waals surface area contributed by atoms with Crippen molar-refractivity contribution in [1.29, 1.82) is 0 Å². The zero-order valence-corrected chi connectivity index (χ0v) is 64.6. The van der Waals surface area contributed by atoms with Gasteiger partial charge >= 0.3 is 18.1 Å². The number of rotatable bonds is 38. The fraction of sp³-hybridized carbons (Fsp3) is 0.513. The van der Waals surface area contributed by atoms with Crippen LogP contribution in [-0.2, 0) is 76.1 Å². The number of thiazole rings is 1. The Balaban J connectivity index is 0.753. The summed E-state index contributed by atoms with van der Waals surface area (Å²) in [6.07, 6.45) is 14.8. The Bertz CT molecular complexity index is 4420. The largest absolute Gasteiger partial charge is 0.476 e. The Morgan fingerprint density at radius 1 is 0.844 bits per heavy atom. The third kappa shape index (κ3) is 22.1. The molecule has 31 heteroatoms. The Morgan fingerprint density at radius 3 is 2.34 bits per heavy atom. The molecule has 586 valence electrons. The molecule has 2 aliphatic carbocycles. The number of primary amides is 1. The number of ether oxygens (including phenoxy) is 2. The smallest absolute Gasteiger partial charge is 0.409 e. The minimum Gasteiger partial charge on any atom is -0.476 e. The van der Waals surface area contributed by atoms with Crippen molar-refractivity contribution in [2.75, 3.05) is 74.2 Å². The summed E-state index contributed by atoms with van der Waals surface area (Å²) in [5.41, 5.74) is 11.3. The van der Waals surface area contributed by atoms with E-state index in [1.807, 2.05) is 52.9 Å². The van der Waals surface area contributed by atoms with Crippen LogP contribution < -0.4 is 42.5 Å². The lowest BCUT2D eigenvalue weighted by molar-refractivity contribution is -0.172. The van der Waals surface area contributed by atoms with Gasteiger partial charge < -0.3 is 56.7 Å². The summed E-state index contributed by atoms with van der Waals surface area (Å²) >= 11 is 1.36. The molecule has 3 unspecified atom stereocenters. The highest BCUT2D eigenvalue weighted by molar-refractivity contribution is 7.85. The number of nitrogens with zero attached hydrogens (tertiary/aromatic N) is 7. The highest BCUT2D eigenvalue weighted by Gasteiger charge is 2.55. The van der Waals surface area contributed by atoms with Crippen LogP contribution in [0.4, 0.5) is 26.2 Å². The molecule has 5 atom stereocenters. The first-order valence-corrected chi connectivity index (χ1v) is 40.0. The molecule has 2 fully saturated rings. The fourth-order valence-electron chi connectivity index (χ4n) is 16.1. The number of hydrogen-bond donors (Lipinski definition) is 9. The van der Waals surface area contributed by atoms with Crippen LogP contribution in [0.1, 0.15) is 173 Å². The normalized spacial score (nSPS) is 18.8. The minimum absolute atomic E-state index is 0.00713. The summed E-state index contributed by atoms with van der Waals surface area (Å²) in [5, 5.41) is 33.3. The Kier molecular flexibility index (Phi) is 27.5. The van der Waals surface area contributed by atoms with E-state index < -0.39 is 52.1 Å². The molecule has 3 aromatic carbocycles. The summed E-state index contributed by atoms with van der Waals surface area (Å²) in [5.74, 6) is -4.10. The summed E-state index contributed by atoms with van der Waals surface area (Å²) in [4.78, 5) is 131. The lowest BCUT2D eigenvalue weighted by Crippen LogP contribution is -2.55. The third-order valence-corrected chi connectivity index (χ3v) is 22.7. The molecule has 10 N–H and O–H groups in total. The molecule has 2 saturated carbocycles. The standard InChI is InChI=1S/C78H102N14O15S2/c1-7-30-76(5)46-77(31-15-32-78(47-76,48-77)107-39-34-80-35-40-109(103,104)105)49-92-51(4)58(43-82-92)56-25-26-63(86-68(56)72(99)100)90-38-29-54-41-53(42-57(59(54)44-90)69(96)88-74-85-60-17-10-11-19-62(60)108-74)16-14-36-89(6)75(102)106-45-52-21-23-55(24-22-52)83-70(97)61(18-13-33-81-73(79)101)84-71(98)67(50(2)3)87-64(93)20-9-8-12-37-91-65(94)27-28-66(91)95/h10-11,17,19,21-28,41-43,50,61,67,80H,7-9,12-16,18,20,29-40,44-49H2,1-6H3,(H,83,97)(H,84,98)(H,87,93)(H,99,100)(H3,79,81,101)(H,85,88,96)(H,103,104,105)/t61-,67-,76?,77?,78?/m0/s1. The number of aromatic carboxylic acids is 1. The number of imide groups is 1. The molecule has 10 rings (SSSR count). The number of nitrogens with two attached hydrogens (primary N) is 1. The molecule has 2 bridgehead atoms. The molecule has 0 radical (unpaired) electrons. The van der Waals surface area contributed by atoms with Crippen LogP contribution in [0.25, 0.3) is 21.3 Å². The number of nitrogens with one attached hydrogen (secondary N) is 6. The van der Waals surface area contributed by atoms with Gasteiger partial charge in [0, 0.05) is 106 Å². The van der Waals surface area contributed by atoms with Gasteiger partial charge in [0.25, 0.3) is 27.8 Å². The Morgan fingerprint density at radius 2 is 1.61 bits per heavy atom. The number of carboxylic acid groups (broad SMARTS) is 1. The summed E-state index contributed by atoms with van der Waals surface area (Å²) in [7, 11) is -2.44. The molecule has 29 nitrogen and oxygen atoms in total. The van der Waals surface area contributed by atoms with Crippen LogP contribution in [0.3, 0.4) is 0 Å². The van der Waals surface area contributed by atoms with E-state index in [-0.39, 0.29) is 109 Å². The van der Waals surface area contributed by atoms with Crippen LogP contribution in [0, 0.1) is 23.7 Å². The van der Waals surface area contributed by atoms with Gasteiger partial charge in [0.2, 0.25) is 17.7 Å². The Labute approximate surface area is 639 Å². The molecule has 2 aliphatic heterocycles. The number of carbonyl (C=O) groups is 9. The highest BCUT2D eigenvalue weighted by Crippen LogP contribution is 2.61. The van der Waals surface area contributed by atoms with Gasteiger partial charge in [0.05, 0.1) is 34.4 Å². The lowest BCUT2D eigenvalue weighted by Gasteiger charge is -2.58. The maximum Gasteiger partial charge on any atom is 0.409 e.